The van der Waals surface area contributed by atoms with Gasteiger partial charge in [-0.25, -0.2) is 0 Å². The van der Waals surface area contributed by atoms with Gasteiger partial charge in [0.25, 0.3) is 0 Å². The van der Waals surface area contributed by atoms with E-state index < -0.39 is 0 Å². The fraction of sp³-hybridized carbons (Fsp3) is 0.625. The van der Waals surface area contributed by atoms with Gasteiger partial charge in [-0.1, -0.05) is 44.2 Å². The third kappa shape index (κ3) is 4.79. The summed E-state index contributed by atoms with van der Waals surface area (Å²) >= 11 is 0. The van der Waals surface area contributed by atoms with Crippen molar-refractivity contribution in [3.05, 3.63) is 35.9 Å². The van der Waals surface area contributed by atoms with E-state index in [1.807, 2.05) is 0 Å². The van der Waals surface area contributed by atoms with Gasteiger partial charge in [-0.3, -0.25) is 0 Å². The van der Waals surface area contributed by atoms with Crippen LogP contribution in [0.1, 0.15) is 32.8 Å². The Labute approximate surface area is 112 Å². The van der Waals surface area contributed by atoms with E-state index in [1.165, 1.54) is 12.0 Å². The Kier molecular flexibility index (Phi) is 6.99. The molecule has 1 aromatic rings. The monoisotopic (exact) mass is 248 g/mol. The Balaban J connectivity index is 2.41. The van der Waals surface area contributed by atoms with Crippen LogP contribution in [-0.2, 0) is 6.42 Å². The lowest BCUT2D eigenvalue weighted by molar-refractivity contribution is 0.206. The van der Waals surface area contributed by atoms with Crippen LogP contribution in [0, 0.1) is 0 Å². The van der Waals surface area contributed by atoms with Crippen molar-refractivity contribution in [3.63, 3.8) is 0 Å². The van der Waals surface area contributed by atoms with Crippen molar-refractivity contribution in [1.82, 2.24) is 10.2 Å². The number of rotatable bonds is 8. The molecule has 0 spiro atoms. The van der Waals surface area contributed by atoms with Gasteiger partial charge in [0.1, 0.15) is 0 Å². The smallest absolute Gasteiger partial charge is 0.0218 e. The van der Waals surface area contributed by atoms with Crippen molar-refractivity contribution < 1.29 is 0 Å². The van der Waals surface area contributed by atoms with Crippen LogP contribution in [0.3, 0.4) is 0 Å². The first kappa shape index (κ1) is 15.2. The van der Waals surface area contributed by atoms with E-state index >= 15 is 0 Å². The molecule has 2 atom stereocenters. The average molecular weight is 248 g/mol. The van der Waals surface area contributed by atoms with Crippen LogP contribution in [0.5, 0.6) is 0 Å². The van der Waals surface area contributed by atoms with Crippen molar-refractivity contribution >= 4 is 0 Å². The molecule has 102 valence electrons. The zero-order valence-corrected chi connectivity index (χ0v) is 12.3. The van der Waals surface area contributed by atoms with Crippen LogP contribution in [0.25, 0.3) is 0 Å². The second-order valence-electron chi connectivity index (χ2n) is 5.03. The molecule has 0 radical (unpaired) electrons. The number of likely N-dealkylation sites (N-methyl/N-ethyl adjacent to an activating group) is 2. The van der Waals surface area contributed by atoms with Crippen LogP contribution in [0.4, 0.5) is 0 Å². The lowest BCUT2D eigenvalue weighted by Gasteiger charge is -2.32. The molecule has 2 nitrogen and oxygen atoms in total. The molecule has 0 aromatic heterocycles. The molecule has 1 rings (SSSR count). The Morgan fingerprint density at radius 3 is 2.39 bits per heavy atom. The fourth-order valence-electron chi connectivity index (χ4n) is 2.38. The van der Waals surface area contributed by atoms with Crippen molar-refractivity contribution in [2.75, 3.05) is 20.1 Å². The third-order valence-corrected chi connectivity index (χ3v) is 3.78. The van der Waals surface area contributed by atoms with Gasteiger partial charge in [0, 0.05) is 18.6 Å². The first-order chi connectivity index (χ1) is 8.69. The van der Waals surface area contributed by atoms with Crippen molar-refractivity contribution in [3.8, 4) is 0 Å². The first-order valence-electron chi connectivity index (χ1n) is 7.16. The molecule has 0 saturated carbocycles. The molecule has 0 saturated heterocycles. The third-order valence-electron chi connectivity index (χ3n) is 3.78. The molecule has 2 unspecified atom stereocenters. The topological polar surface area (TPSA) is 15.3 Å². The van der Waals surface area contributed by atoms with E-state index in [9.17, 15) is 0 Å². The molecule has 2 heteroatoms. The van der Waals surface area contributed by atoms with Crippen LogP contribution < -0.4 is 5.32 Å². The van der Waals surface area contributed by atoms with Gasteiger partial charge in [0.05, 0.1) is 0 Å². The van der Waals surface area contributed by atoms with Crippen molar-refractivity contribution in [1.29, 1.82) is 0 Å². The standard InChI is InChI=1S/C16H28N2/c1-5-16(17-6-2)14(3)18(4)13-12-15-10-8-7-9-11-15/h7-11,14,16-17H,5-6,12-13H2,1-4H3. The summed E-state index contributed by atoms with van der Waals surface area (Å²) in [7, 11) is 2.23. The van der Waals surface area contributed by atoms with Crippen molar-refractivity contribution in [2.24, 2.45) is 0 Å². The van der Waals surface area contributed by atoms with Gasteiger partial charge in [0.15, 0.2) is 0 Å². The summed E-state index contributed by atoms with van der Waals surface area (Å²) in [6.07, 6.45) is 2.31. The number of hydrogen-bond donors (Lipinski definition) is 1. The maximum atomic E-state index is 3.57. The van der Waals surface area contributed by atoms with E-state index in [-0.39, 0.29) is 0 Å². The lowest BCUT2D eigenvalue weighted by Crippen LogP contribution is -2.47. The Morgan fingerprint density at radius 2 is 1.83 bits per heavy atom. The Bertz CT molecular complexity index is 310. The van der Waals surface area contributed by atoms with E-state index in [2.05, 4.69) is 68.4 Å². The summed E-state index contributed by atoms with van der Waals surface area (Å²) in [5, 5.41) is 3.57. The number of hydrogen-bond acceptors (Lipinski definition) is 2. The highest BCUT2D eigenvalue weighted by Gasteiger charge is 2.18. The van der Waals surface area contributed by atoms with Gasteiger partial charge in [0.2, 0.25) is 0 Å². The molecular formula is C16H28N2. The zero-order valence-electron chi connectivity index (χ0n) is 12.3. The van der Waals surface area contributed by atoms with Crippen LogP contribution >= 0.6 is 0 Å². The van der Waals surface area contributed by atoms with Crippen LogP contribution in [0.2, 0.25) is 0 Å². The molecule has 1 N–H and O–H groups in total. The maximum Gasteiger partial charge on any atom is 0.0218 e. The quantitative estimate of drug-likeness (QED) is 0.761. The predicted octanol–water partition coefficient (Wildman–Crippen LogP) is 2.94. The van der Waals surface area contributed by atoms with E-state index in [4.69, 9.17) is 0 Å². The van der Waals surface area contributed by atoms with Gasteiger partial charge >= 0.3 is 0 Å². The maximum absolute atomic E-state index is 3.57. The molecule has 0 amide bonds. The molecule has 1 aromatic carbocycles. The Morgan fingerprint density at radius 1 is 1.17 bits per heavy atom. The largest absolute Gasteiger partial charge is 0.313 e. The number of nitrogens with one attached hydrogen (secondary N) is 1. The van der Waals surface area contributed by atoms with Gasteiger partial charge < -0.3 is 10.2 Å². The second-order valence-corrected chi connectivity index (χ2v) is 5.03. The number of nitrogens with zero attached hydrogens (tertiary/aromatic N) is 1. The molecule has 0 aliphatic carbocycles. The highest BCUT2D eigenvalue weighted by Crippen LogP contribution is 2.08. The average Bonchev–Trinajstić information content (AvgIpc) is 2.42. The van der Waals surface area contributed by atoms with Crippen molar-refractivity contribution in [2.45, 2.75) is 45.7 Å². The van der Waals surface area contributed by atoms with E-state index in [0.717, 1.165) is 19.5 Å². The summed E-state index contributed by atoms with van der Waals surface area (Å²) in [6, 6.07) is 11.9. The summed E-state index contributed by atoms with van der Waals surface area (Å²) in [4.78, 5) is 2.46. The molecule has 0 heterocycles. The highest BCUT2D eigenvalue weighted by atomic mass is 15.2. The van der Waals surface area contributed by atoms with Gasteiger partial charge in [-0.05, 0) is 38.9 Å². The molecule has 0 fully saturated rings. The summed E-state index contributed by atoms with van der Waals surface area (Å²) in [5.74, 6) is 0. The van der Waals surface area contributed by atoms with E-state index in [0.29, 0.717) is 12.1 Å². The normalized spacial score (nSPS) is 14.7. The molecule has 0 aliphatic heterocycles. The van der Waals surface area contributed by atoms with E-state index in [1.54, 1.807) is 0 Å². The molecule has 0 aliphatic rings. The summed E-state index contributed by atoms with van der Waals surface area (Å²) < 4.78 is 0. The van der Waals surface area contributed by atoms with Crippen LogP contribution in [0.15, 0.2) is 30.3 Å². The lowest BCUT2D eigenvalue weighted by atomic mass is 10.1. The predicted molar refractivity (Wildman–Crippen MR) is 80.0 cm³/mol. The highest BCUT2D eigenvalue weighted by molar-refractivity contribution is 5.14. The molecular weight excluding hydrogens is 220 g/mol. The first-order valence-corrected chi connectivity index (χ1v) is 7.16. The van der Waals surface area contributed by atoms with Gasteiger partial charge in [-0.15, -0.1) is 0 Å². The fourth-order valence-corrected chi connectivity index (χ4v) is 2.38. The second kappa shape index (κ2) is 8.28. The minimum Gasteiger partial charge on any atom is -0.313 e. The summed E-state index contributed by atoms with van der Waals surface area (Å²) in [6.45, 7) is 8.93. The minimum absolute atomic E-state index is 0.582. The minimum atomic E-state index is 0.582. The zero-order chi connectivity index (χ0) is 13.4. The Hall–Kier alpha value is -0.860. The molecule has 18 heavy (non-hydrogen) atoms. The number of benzene rings is 1. The van der Waals surface area contributed by atoms with Gasteiger partial charge in [-0.2, -0.15) is 0 Å². The summed E-state index contributed by atoms with van der Waals surface area (Å²) in [5.41, 5.74) is 1.42. The van der Waals surface area contributed by atoms with Crippen LogP contribution in [-0.4, -0.2) is 37.1 Å². The SMILES string of the molecule is CCNC(CC)C(C)N(C)CCc1ccccc1. The molecule has 0 bridgehead atoms.